The van der Waals surface area contributed by atoms with Gasteiger partial charge in [-0.3, -0.25) is 0 Å². The predicted octanol–water partition coefficient (Wildman–Crippen LogP) is 2.20. The molecule has 5 heteroatoms. The molecule has 18 heavy (non-hydrogen) atoms. The quantitative estimate of drug-likeness (QED) is 0.720. The molecule has 0 aliphatic heterocycles. The first kappa shape index (κ1) is 14.3. The minimum absolute atomic E-state index is 0.112. The number of benzene rings is 1. The maximum absolute atomic E-state index is 11.1. The molecule has 1 rings (SSSR count). The summed E-state index contributed by atoms with van der Waals surface area (Å²) >= 11 is 0. The van der Waals surface area contributed by atoms with Crippen LogP contribution in [0.1, 0.15) is 23.2 Å². The number of unbranched alkanes of at least 4 members (excludes halogenated alkanes) is 1. The van der Waals surface area contributed by atoms with Crippen LogP contribution in [0.15, 0.2) is 18.2 Å². The van der Waals surface area contributed by atoms with Gasteiger partial charge in [-0.2, -0.15) is 0 Å². The maximum Gasteiger partial charge on any atom is 0.339 e. The number of ether oxygens (including phenoxy) is 3. The molecule has 0 aliphatic carbocycles. The maximum atomic E-state index is 11.1. The van der Waals surface area contributed by atoms with Gasteiger partial charge in [-0.25, -0.2) is 4.79 Å². The van der Waals surface area contributed by atoms with Crippen LogP contribution < -0.4 is 9.47 Å². The van der Waals surface area contributed by atoms with Crippen molar-refractivity contribution in [3.63, 3.8) is 0 Å². The number of hydrogen-bond donors (Lipinski definition) is 1. The van der Waals surface area contributed by atoms with Gasteiger partial charge in [-0.15, -0.1) is 0 Å². The molecule has 1 aromatic rings. The van der Waals surface area contributed by atoms with Crippen LogP contribution in [0.4, 0.5) is 0 Å². The van der Waals surface area contributed by atoms with Gasteiger partial charge < -0.3 is 19.3 Å². The topological polar surface area (TPSA) is 65.0 Å². The second-order valence-electron chi connectivity index (χ2n) is 3.69. The van der Waals surface area contributed by atoms with Crippen LogP contribution in [-0.2, 0) is 4.74 Å². The van der Waals surface area contributed by atoms with Gasteiger partial charge in [-0.05, 0) is 25.0 Å². The number of carbonyl (C=O) groups is 1. The van der Waals surface area contributed by atoms with Crippen molar-refractivity contribution in [3.05, 3.63) is 23.8 Å². The zero-order chi connectivity index (χ0) is 13.4. The number of hydrogen-bond acceptors (Lipinski definition) is 4. The fourth-order valence-electron chi connectivity index (χ4n) is 1.52. The molecule has 0 amide bonds. The highest BCUT2D eigenvalue weighted by Crippen LogP contribution is 2.31. The lowest BCUT2D eigenvalue weighted by Crippen LogP contribution is -2.06. The number of aromatic carboxylic acids is 1. The fraction of sp³-hybridized carbons (Fsp3) is 0.462. The summed E-state index contributed by atoms with van der Waals surface area (Å²) in [5, 5.41) is 9.07. The monoisotopic (exact) mass is 254 g/mol. The highest BCUT2D eigenvalue weighted by atomic mass is 16.5. The Morgan fingerprint density at radius 1 is 1.22 bits per heavy atom. The number of carboxylic acids is 1. The molecule has 1 N–H and O–H groups in total. The highest BCUT2D eigenvalue weighted by molar-refractivity contribution is 5.92. The van der Waals surface area contributed by atoms with E-state index in [1.165, 1.54) is 13.2 Å². The lowest BCUT2D eigenvalue weighted by atomic mass is 10.2. The molecular weight excluding hydrogens is 236 g/mol. The predicted molar refractivity (Wildman–Crippen MR) is 66.6 cm³/mol. The second-order valence-corrected chi connectivity index (χ2v) is 3.69. The van der Waals surface area contributed by atoms with E-state index in [9.17, 15) is 4.79 Å². The molecule has 0 aromatic heterocycles. The third kappa shape index (κ3) is 3.92. The molecule has 0 unspecified atom stereocenters. The Morgan fingerprint density at radius 2 is 1.94 bits per heavy atom. The lowest BCUT2D eigenvalue weighted by molar-refractivity contribution is 0.0691. The molecule has 0 heterocycles. The van der Waals surface area contributed by atoms with E-state index in [1.54, 1.807) is 19.2 Å². The lowest BCUT2D eigenvalue weighted by Gasteiger charge is -2.12. The van der Waals surface area contributed by atoms with Gasteiger partial charge in [0.25, 0.3) is 0 Å². The van der Waals surface area contributed by atoms with Gasteiger partial charge >= 0.3 is 5.97 Å². The Kier molecular flexibility index (Phi) is 6.00. The Balaban J connectivity index is 2.69. The third-order valence-corrected chi connectivity index (χ3v) is 2.42. The summed E-state index contributed by atoms with van der Waals surface area (Å²) < 4.78 is 15.5. The largest absolute Gasteiger partial charge is 0.493 e. The smallest absolute Gasteiger partial charge is 0.339 e. The summed E-state index contributed by atoms with van der Waals surface area (Å²) in [6.07, 6.45) is 1.67. The van der Waals surface area contributed by atoms with Crippen LogP contribution in [0.2, 0.25) is 0 Å². The van der Waals surface area contributed by atoms with Gasteiger partial charge in [0.1, 0.15) is 5.56 Å². The molecule has 0 saturated carbocycles. The minimum Gasteiger partial charge on any atom is -0.493 e. The van der Waals surface area contributed by atoms with Gasteiger partial charge in [0.2, 0.25) is 0 Å². The van der Waals surface area contributed by atoms with Crippen molar-refractivity contribution in [2.75, 3.05) is 27.4 Å². The molecule has 0 fully saturated rings. The van der Waals surface area contributed by atoms with Crippen molar-refractivity contribution in [1.82, 2.24) is 0 Å². The van der Waals surface area contributed by atoms with Crippen LogP contribution in [0.5, 0.6) is 11.5 Å². The summed E-state index contributed by atoms with van der Waals surface area (Å²) in [7, 11) is 3.13. The van der Waals surface area contributed by atoms with E-state index >= 15 is 0 Å². The minimum atomic E-state index is -1.03. The summed E-state index contributed by atoms with van der Waals surface area (Å²) in [4.78, 5) is 11.1. The number of carboxylic acid groups (broad SMARTS) is 1. The molecular formula is C13H18O5. The number of para-hydroxylation sites is 1. The first-order valence-electron chi connectivity index (χ1n) is 5.72. The Bertz CT molecular complexity index is 389. The molecule has 0 bridgehead atoms. The Labute approximate surface area is 106 Å². The van der Waals surface area contributed by atoms with Crippen LogP contribution >= 0.6 is 0 Å². The van der Waals surface area contributed by atoms with E-state index < -0.39 is 5.97 Å². The third-order valence-electron chi connectivity index (χ3n) is 2.42. The first-order valence-corrected chi connectivity index (χ1v) is 5.72. The van der Waals surface area contributed by atoms with Crippen molar-refractivity contribution >= 4 is 5.97 Å². The van der Waals surface area contributed by atoms with Crippen LogP contribution in [-0.4, -0.2) is 38.5 Å². The van der Waals surface area contributed by atoms with Crippen molar-refractivity contribution < 1.29 is 24.1 Å². The molecule has 0 radical (unpaired) electrons. The summed E-state index contributed by atoms with van der Waals surface area (Å²) in [5.41, 5.74) is 0.112. The van der Waals surface area contributed by atoms with Crippen molar-refractivity contribution in [2.45, 2.75) is 12.8 Å². The zero-order valence-corrected chi connectivity index (χ0v) is 10.6. The van der Waals surface area contributed by atoms with E-state index in [2.05, 4.69) is 0 Å². The molecule has 0 spiro atoms. The molecule has 1 aromatic carbocycles. The van der Waals surface area contributed by atoms with Gasteiger partial charge in [-0.1, -0.05) is 6.07 Å². The van der Waals surface area contributed by atoms with Crippen molar-refractivity contribution in [3.8, 4) is 11.5 Å². The average molecular weight is 254 g/mol. The Hall–Kier alpha value is -1.75. The van der Waals surface area contributed by atoms with Crippen LogP contribution in [0, 0.1) is 0 Å². The Morgan fingerprint density at radius 3 is 2.56 bits per heavy atom. The second kappa shape index (κ2) is 7.55. The van der Waals surface area contributed by atoms with E-state index in [4.69, 9.17) is 19.3 Å². The summed E-state index contributed by atoms with van der Waals surface area (Å²) in [5.74, 6) is -0.313. The standard InChI is InChI=1S/C13H18O5/c1-16-8-3-4-9-18-12-10(13(14)15)6-5-7-11(12)17-2/h5-7H,3-4,8-9H2,1-2H3,(H,14,15). The summed E-state index contributed by atoms with van der Waals surface area (Å²) in [6, 6.07) is 4.80. The number of rotatable bonds is 8. The first-order chi connectivity index (χ1) is 8.70. The van der Waals surface area contributed by atoms with Crippen LogP contribution in [0.25, 0.3) is 0 Å². The van der Waals surface area contributed by atoms with Crippen molar-refractivity contribution in [2.24, 2.45) is 0 Å². The molecule has 100 valence electrons. The highest BCUT2D eigenvalue weighted by Gasteiger charge is 2.15. The van der Waals surface area contributed by atoms with E-state index in [1.807, 2.05) is 0 Å². The SMILES string of the molecule is COCCCCOc1c(OC)cccc1C(=O)O. The van der Waals surface area contributed by atoms with E-state index in [0.717, 1.165) is 12.8 Å². The fourth-order valence-corrected chi connectivity index (χ4v) is 1.52. The molecule has 0 atom stereocenters. The summed E-state index contributed by atoms with van der Waals surface area (Å²) in [6.45, 7) is 1.10. The zero-order valence-electron chi connectivity index (χ0n) is 10.6. The number of methoxy groups -OCH3 is 2. The average Bonchev–Trinajstić information content (AvgIpc) is 2.38. The molecule has 5 nitrogen and oxygen atoms in total. The van der Waals surface area contributed by atoms with Gasteiger partial charge in [0.05, 0.1) is 13.7 Å². The normalized spacial score (nSPS) is 10.1. The molecule has 0 aliphatic rings. The van der Waals surface area contributed by atoms with Crippen LogP contribution in [0.3, 0.4) is 0 Å². The molecule has 0 saturated heterocycles. The van der Waals surface area contributed by atoms with E-state index in [-0.39, 0.29) is 11.3 Å². The van der Waals surface area contributed by atoms with E-state index in [0.29, 0.717) is 19.0 Å². The van der Waals surface area contributed by atoms with Gasteiger partial charge in [0, 0.05) is 13.7 Å². The van der Waals surface area contributed by atoms with Crippen molar-refractivity contribution in [1.29, 1.82) is 0 Å². The van der Waals surface area contributed by atoms with Gasteiger partial charge in [0.15, 0.2) is 11.5 Å².